The van der Waals surface area contributed by atoms with E-state index >= 15 is 0 Å². The number of amides is 5. The first kappa shape index (κ1) is 25.8. The molecular weight excluding hydrogens is 506 g/mol. The number of anilines is 1. The molecule has 0 radical (unpaired) electrons. The van der Waals surface area contributed by atoms with Gasteiger partial charge in [-0.25, -0.2) is 9.69 Å². The number of likely N-dealkylation sites (tertiary alicyclic amines) is 1. The fraction of sp³-hybridized carbons (Fsp3) is 0.312. The van der Waals surface area contributed by atoms with Gasteiger partial charge in [-0.1, -0.05) is 60.7 Å². The molecule has 3 unspecified atom stereocenters. The van der Waals surface area contributed by atoms with Crippen LogP contribution in [-0.2, 0) is 20.8 Å². The van der Waals surface area contributed by atoms with Gasteiger partial charge < -0.3 is 9.64 Å². The molecule has 4 atom stereocenters. The second-order valence-electron chi connectivity index (χ2n) is 11.6. The highest BCUT2D eigenvalue weighted by Crippen LogP contribution is 2.60. The predicted molar refractivity (Wildman–Crippen MR) is 148 cm³/mol. The normalized spacial score (nSPS) is 26.0. The Balaban J connectivity index is 1.62. The number of ether oxygens (including phenoxy) is 1. The first-order valence-electron chi connectivity index (χ1n) is 13.4. The first-order chi connectivity index (χ1) is 19.1. The van der Waals surface area contributed by atoms with Crippen molar-refractivity contribution in [2.45, 2.75) is 44.3 Å². The van der Waals surface area contributed by atoms with Crippen LogP contribution in [0, 0.1) is 11.8 Å². The lowest BCUT2D eigenvalue weighted by molar-refractivity contribution is -0.149. The summed E-state index contributed by atoms with van der Waals surface area (Å²) >= 11 is 0. The quantitative estimate of drug-likeness (QED) is 0.351. The number of carbonyl (C=O) groups excluding carboxylic acids is 4. The molecule has 40 heavy (non-hydrogen) atoms. The number of para-hydroxylation sites is 1. The van der Waals surface area contributed by atoms with Crippen LogP contribution in [-0.4, -0.2) is 51.7 Å². The number of fused-ring (bicyclic) bond motifs is 3. The van der Waals surface area contributed by atoms with Gasteiger partial charge in [-0.15, -0.1) is 0 Å². The second kappa shape index (κ2) is 9.05. The maximum atomic E-state index is 14.7. The van der Waals surface area contributed by atoms with Gasteiger partial charge in [-0.05, 0) is 56.2 Å². The summed E-state index contributed by atoms with van der Waals surface area (Å²) < 4.78 is 5.34. The van der Waals surface area contributed by atoms with Gasteiger partial charge in [0.2, 0.25) is 11.8 Å². The molecule has 0 aliphatic carbocycles. The van der Waals surface area contributed by atoms with Crippen LogP contribution in [0.25, 0.3) is 0 Å². The molecule has 3 fully saturated rings. The van der Waals surface area contributed by atoms with E-state index in [4.69, 9.17) is 4.74 Å². The molecule has 0 aromatic heterocycles. The number of benzene rings is 3. The maximum Gasteiger partial charge on any atom is 0.332 e. The van der Waals surface area contributed by atoms with Crippen LogP contribution in [0.2, 0.25) is 0 Å². The molecule has 3 heterocycles. The Bertz CT molecular complexity index is 1500. The van der Waals surface area contributed by atoms with Crippen molar-refractivity contribution in [1.29, 1.82) is 0 Å². The first-order valence-corrected chi connectivity index (χ1v) is 13.4. The molecule has 5 amide bonds. The van der Waals surface area contributed by atoms with E-state index in [0.29, 0.717) is 17.0 Å². The molecule has 3 aromatic carbocycles. The van der Waals surface area contributed by atoms with E-state index in [1.807, 2.05) is 57.2 Å². The van der Waals surface area contributed by atoms with Gasteiger partial charge in [-0.3, -0.25) is 19.3 Å². The Morgan fingerprint density at radius 3 is 1.98 bits per heavy atom. The molecule has 3 saturated heterocycles. The Morgan fingerprint density at radius 1 is 0.800 bits per heavy atom. The van der Waals surface area contributed by atoms with E-state index in [0.717, 1.165) is 5.56 Å². The zero-order chi connectivity index (χ0) is 28.4. The van der Waals surface area contributed by atoms with E-state index in [1.54, 1.807) is 55.6 Å². The average Bonchev–Trinajstić information content (AvgIpc) is 3.47. The topological polar surface area (TPSA) is 87.2 Å². The minimum Gasteiger partial charge on any atom is -0.497 e. The zero-order valence-corrected chi connectivity index (χ0v) is 22.9. The summed E-state index contributed by atoms with van der Waals surface area (Å²) in [5.41, 5.74) is -0.498. The molecule has 8 nitrogen and oxygen atoms in total. The molecule has 6 rings (SSSR count). The van der Waals surface area contributed by atoms with Crippen molar-refractivity contribution in [3.63, 3.8) is 0 Å². The minimum absolute atomic E-state index is 0.104. The molecule has 204 valence electrons. The summed E-state index contributed by atoms with van der Waals surface area (Å²) in [6.45, 7) is 5.43. The monoisotopic (exact) mass is 537 g/mol. The maximum absolute atomic E-state index is 14.7. The van der Waals surface area contributed by atoms with Gasteiger partial charge in [0.25, 0.3) is 5.91 Å². The van der Waals surface area contributed by atoms with Crippen molar-refractivity contribution >= 4 is 29.4 Å². The number of urea groups is 1. The summed E-state index contributed by atoms with van der Waals surface area (Å²) in [6.07, 6.45) is 0.104. The van der Waals surface area contributed by atoms with Crippen molar-refractivity contribution in [2.24, 2.45) is 11.8 Å². The summed E-state index contributed by atoms with van der Waals surface area (Å²) in [6, 6.07) is 23.9. The number of hydrogen-bond donors (Lipinski definition) is 0. The second-order valence-corrected chi connectivity index (χ2v) is 11.6. The van der Waals surface area contributed by atoms with E-state index in [-0.39, 0.29) is 12.3 Å². The SMILES string of the molecule is COc1ccc(C2C3C(=O)N(C(C)(C)C)C(=O)C3[C@]3(Cc4ccccc4)C(=O)N(c4ccccc4)C(=O)N23)cc1. The third kappa shape index (κ3) is 3.51. The van der Waals surface area contributed by atoms with Gasteiger partial charge in [0.15, 0.2) is 0 Å². The number of nitrogens with zero attached hydrogens (tertiary/aromatic N) is 3. The Labute approximate surface area is 233 Å². The third-order valence-corrected chi connectivity index (χ3v) is 8.34. The number of carbonyl (C=O) groups is 4. The van der Waals surface area contributed by atoms with Gasteiger partial charge in [0, 0.05) is 12.0 Å². The van der Waals surface area contributed by atoms with Crippen LogP contribution in [0.5, 0.6) is 5.75 Å². The molecular formula is C32H31N3O5. The van der Waals surface area contributed by atoms with Crippen LogP contribution < -0.4 is 9.64 Å². The van der Waals surface area contributed by atoms with Crippen molar-refractivity contribution in [3.8, 4) is 5.75 Å². The molecule has 0 saturated carbocycles. The molecule has 3 aliphatic heterocycles. The summed E-state index contributed by atoms with van der Waals surface area (Å²) in [4.78, 5) is 61.6. The predicted octanol–water partition coefficient (Wildman–Crippen LogP) is 4.60. The smallest absolute Gasteiger partial charge is 0.332 e. The largest absolute Gasteiger partial charge is 0.497 e. The Morgan fingerprint density at radius 2 is 1.40 bits per heavy atom. The molecule has 3 aliphatic rings. The van der Waals surface area contributed by atoms with Gasteiger partial charge >= 0.3 is 6.03 Å². The molecule has 3 aromatic rings. The van der Waals surface area contributed by atoms with Gasteiger partial charge in [-0.2, -0.15) is 0 Å². The van der Waals surface area contributed by atoms with Gasteiger partial charge in [0.05, 0.1) is 30.7 Å². The van der Waals surface area contributed by atoms with E-state index in [1.165, 1.54) is 14.7 Å². The summed E-state index contributed by atoms with van der Waals surface area (Å²) in [5.74, 6) is -2.61. The van der Waals surface area contributed by atoms with Crippen LogP contribution >= 0.6 is 0 Å². The fourth-order valence-corrected chi connectivity index (χ4v) is 6.79. The van der Waals surface area contributed by atoms with Crippen molar-refractivity contribution < 1.29 is 23.9 Å². The average molecular weight is 538 g/mol. The Hall–Kier alpha value is -4.46. The van der Waals surface area contributed by atoms with E-state index < -0.39 is 46.8 Å². The lowest BCUT2D eigenvalue weighted by atomic mass is 9.75. The van der Waals surface area contributed by atoms with Crippen molar-refractivity contribution in [3.05, 3.63) is 96.1 Å². The van der Waals surface area contributed by atoms with E-state index in [2.05, 4.69) is 0 Å². The third-order valence-electron chi connectivity index (χ3n) is 8.34. The number of hydrogen-bond acceptors (Lipinski definition) is 5. The van der Waals surface area contributed by atoms with Crippen LogP contribution in [0.4, 0.5) is 10.5 Å². The van der Waals surface area contributed by atoms with Crippen molar-refractivity contribution in [2.75, 3.05) is 12.0 Å². The number of methoxy groups -OCH3 is 1. The molecule has 0 spiro atoms. The molecule has 0 N–H and O–H groups in total. The van der Waals surface area contributed by atoms with Crippen LogP contribution in [0.3, 0.4) is 0 Å². The Kier molecular flexibility index (Phi) is 5.83. The highest BCUT2D eigenvalue weighted by Gasteiger charge is 2.77. The number of rotatable bonds is 5. The van der Waals surface area contributed by atoms with Crippen LogP contribution in [0.1, 0.15) is 37.9 Å². The minimum atomic E-state index is -1.59. The highest BCUT2D eigenvalue weighted by atomic mass is 16.5. The fourth-order valence-electron chi connectivity index (χ4n) is 6.79. The molecule has 0 bridgehead atoms. The highest BCUT2D eigenvalue weighted by molar-refractivity contribution is 6.27. The van der Waals surface area contributed by atoms with E-state index in [9.17, 15) is 19.2 Å². The summed E-state index contributed by atoms with van der Waals surface area (Å²) in [5, 5.41) is 0. The zero-order valence-electron chi connectivity index (χ0n) is 22.9. The lowest BCUT2D eigenvalue weighted by Gasteiger charge is -2.38. The lowest BCUT2D eigenvalue weighted by Crippen LogP contribution is -2.57. The standard InChI is InChI=1S/C32H31N3O5/c1-31(2,3)35-27(36)24-25(28(35)37)32(19-20-11-7-5-8-12-20)29(38)33(22-13-9-6-10-14-22)30(39)34(32)26(24)21-15-17-23(40-4)18-16-21/h5-18,24-26H,19H2,1-4H3/t24?,25?,26?,32-/m1/s1. The molecule has 8 heteroatoms. The van der Waals surface area contributed by atoms with Crippen molar-refractivity contribution in [1.82, 2.24) is 9.80 Å². The van der Waals surface area contributed by atoms with Crippen LogP contribution in [0.15, 0.2) is 84.9 Å². The summed E-state index contributed by atoms with van der Waals surface area (Å²) in [7, 11) is 1.56. The number of imide groups is 2. The van der Waals surface area contributed by atoms with Gasteiger partial charge in [0.1, 0.15) is 11.3 Å².